The van der Waals surface area contributed by atoms with Crippen molar-refractivity contribution in [1.29, 1.82) is 0 Å². The molecule has 4 rings (SSSR count). The summed E-state index contributed by atoms with van der Waals surface area (Å²) in [6, 6.07) is 29.2. The molecule has 0 aliphatic carbocycles. The van der Waals surface area contributed by atoms with Crippen LogP contribution in [-0.4, -0.2) is 50.9 Å². The number of benzene rings is 4. The van der Waals surface area contributed by atoms with Gasteiger partial charge in [-0.05, 0) is 79.9 Å². The highest BCUT2D eigenvalue weighted by Crippen LogP contribution is 2.28. The lowest BCUT2D eigenvalue weighted by Gasteiger charge is -2.34. The summed E-state index contributed by atoms with van der Waals surface area (Å²) < 4.78 is 35.7. The second kappa shape index (κ2) is 16.4. The first kappa shape index (κ1) is 34.7. The molecule has 10 heteroatoms. The quantitative estimate of drug-likeness (QED) is 0.152. The van der Waals surface area contributed by atoms with Gasteiger partial charge in [-0.2, -0.15) is 0 Å². The molecular formula is C36H40BrN3O5S. The number of amides is 2. The van der Waals surface area contributed by atoms with Gasteiger partial charge in [-0.1, -0.05) is 83.0 Å². The Morgan fingerprint density at radius 2 is 1.50 bits per heavy atom. The first-order chi connectivity index (χ1) is 22.1. The van der Waals surface area contributed by atoms with Crippen LogP contribution in [0.5, 0.6) is 5.75 Å². The van der Waals surface area contributed by atoms with Crippen molar-refractivity contribution >= 4 is 43.5 Å². The molecule has 0 saturated carbocycles. The number of halogens is 1. The Labute approximate surface area is 280 Å². The van der Waals surface area contributed by atoms with Crippen molar-refractivity contribution in [3.8, 4) is 5.75 Å². The van der Waals surface area contributed by atoms with Gasteiger partial charge in [0.05, 0.1) is 17.2 Å². The fourth-order valence-corrected chi connectivity index (χ4v) is 6.63. The Kier molecular flexibility index (Phi) is 12.4. The Balaban J connectivity index is 1.79. The molecule has 0 heterocycles. The van der Waals surface area contributed by atoms with Crippen molar-refractivity contribution in [2.24, 2.45) is 0 Å². The van der Waals surface area contributed by atoms with Crippen LogP contribution in [0.25, 0.3) is 0 Å². The molecule has 0 aliphatic heterocycles. The van der Waals surface area contributed by atoms with Crippen molar-refractivity contribution in [1.82, 2.24) is 10.2 Å². The fourth-order valence-electron chi connectivity index (χ4n) is 4.95. The number of carbonyl (C=O) groups is 2. The van der Waals surface area contributed by atoms with E-state index in [-0.39, 0.29) is 23.8 Å². The van der Waals surface area contributed by atoms with E-state index in [0.29, 0.717) is 24.6 Å². The predicted molar refractivity (Wildman–Crippen MR) is 185 cm³/mol. The smallest absolute Gasteiger partial charge is 0.264 e. The van der Waals surface area contributed by atoms with Gasteiger partial charge in [-0.3, -0.25) is 13.9 Å². The molecule has 4 aromatic carbocycles. The summed E-state index contributed by atoms with van der Waals surface area (Å²) in [5.74, 6) is -0.229. The molecule has 0 aromatic heterocycles. The average Bonchev–Trinajstić information content (AvgIpc) is 3.06. The molecule has 0 unspecified atom stereocenters. The molecule has 2 amide bonds. The van der Waals surface area contributed by atoms with Crippen LogP contribution in [0.2, 0.25) is 0 Å². The van der Waals surface area contributed by atoms with Crippen molar-refractivity contribution in [2.45, 2.75) is 51.1 Å². The monoisotopic (exact) mass is 705 g/mol. The van der Waals surface area contributed by atoms with Crippen molar-refractivity contribution in [3.05, 3.63) is 124 Å². The summed E-state index contributed by atoms with van der Waals surface area (Å²) >= 11 is 3.37. The number of anilines is 1. The number of aryl methyl sites for hydroxylation is 1. The molecule has 0 saturated heterocycles. The van der Waals surface area contributed by atoms with Gasteiger partial charge in [-0.15, -0.1) is 0 Å². The molecule has 0 bridgehead atoms. The third kappa shape index (κ3) is 9.20. The number of nitrogens with one attached hydrogen (secondary N) is 1. The summed E-state index contributed by atoms with van der Waals surface area (Å²) in [5, 5.41) is 2.96. The fraction of sp³-hybridized carbons (Fsp3) is 0.278. The highest BCUT2D eigenvalue weighted by molar-refractivity contribution is 9.10. The number of hydrogen-bond acceptors (Lipinski definition) is 5. The summed E-state index contributed by atoms with van der Waals surface area (Å²) in [6.45, 7) is 6.30. The van der Waals surface area contributed by atoms with E-state index in [2.05, 4.69) is 21.2 Å². The molecule has 0 spiro atoms. The van der Waals surface area contributed by atoms with Gasteiger partial charge in [0, 0.05) is 24.0 Å². The van der Waals surface area contributed by atoms with Gasteiger partial charge >= 0.3 is 0 Å². The summed E-state index contributed by atoms with van der Waals surface area (Å²) in [4.78, 5) is 29.8. The van der Waals surface area contributed by atoms with Gasteiger partial charge < -0.3 is 15.0 Å². The molecule has 8 nitrogen and oxygen atoms in total. The van der Waals surface area contributed by atoms with Crippen LogP contribution in [-0.2, 0) is 32.6 Å². The van der Waals surface area contributed by atoms with Gasteiger partial charge in [-0.25, -0.2) is 8.42 Å². The highest BCUT2D eigenvalue weighted by Gasteiger charge is 2.34. The van der Waals surface area contributed by atoms with Gasteiger partial charge in [0.25, 0.3) is 10.0 Å². The molecule has 0 radical (unpaired) electrons. The minimum atomic E-state index is -4.20. The van der Waals surface area contributed by atoms with E-state index in [4.69, 9.17) is 4.74 Å². The van der Waals surface area contributed by atoms with Gasteiger partial charge in [0.15, 0.2) is 0 Å². The first-order valence-corrected chi connectivity index (χ1v) is 17.5. The molecule has 1 atom stereocenters. The van der Waals surface area contributed by atoms with Crippen molar-refractivity contribution in [3.63, 3.8) is 0 Å². The topological polar surface area (TPSA) is 96.0 Å². The maximum atomic E-state index is 14.5. The number of nitrogens with zero attached hydrogens (tertiary/aromatic N) is 2. The zero-order chi connectivity index (χ0) is 33.1. The van der Waals surface area contributed by atoms with Crippen LogP contribution in [0.4, 0.5) is 5.69 Å². The van der Waals surface area contributed by atoms with E-state index in [9.17, 15) is 18.0 Å². The molecule has 242 valence electrons. The molecule has 1 N–H and O–H groups in total. The SMILES string of the molecule is CCCNC(=O)[C@@H](Cc1ccccc1)N(Cc1ccc(C)cc1)C(=O)CN(c1ccc(OCC)cc1)S(=O)(=O)c1ccc(Br)cc1. The largest absolute Gasteiger partial charge is 0.494 e. The number of rotatable bonds is 15. The zero-order valence-electron chi connectivity index (χ0n) is 26.4. The Morgan fingerprint density at radius 1 is 0.848 bits per heavy atom. The van der Waals surface area contributed by atoms with Crippen LogP contribution in [0.15, 0.2) is 112 Å². The van der Waals surface area contributed by atoms with Crippen LogP contribution in [0.1, 0.15) is 37.0 Å². The van der Waals surface area contributed by atoms with E-state index in [1.54, 1.807) is 36.4 Å². The predicted octanol–water partition coefficient (Wildman–Crippen LogP) is 6.52. The Hall–Kier alpha value is -4.15. The second-order valence-electron chi connectivity index (χ2n) is 10.9. The van der Waals surface area contributed by atoms with Crippen LogP contribution in [0, 0.1) is 6.92 Å². The summed E-state index contributed by atoms with van der Waals surface area (Å²) in [5.41, 5.74) is 3.06. The van der Waals surface area contributed by atoms with E-state index < -0.39 is 28.5 Å². The lowest BCUT2D eigenvalue weighted by Crippen LogP contribution is -2.53. The highest BCUT2D eigenvalue weighted by atomic mass is 79.9. The molecule has 0 fully saturated rings. The third-order valence-corrected chi connectivity index (χ3v) is 9.73. The van der Waals surface area contributed by atoms with Gasteiger partial charge in [0.1, 0.15) is 18.3 Å². The Morgan fingerprint density at radius 3 is 2.11 bits per heavy atom. The molecule has 46 heavy (non-hydrogen) atoms. The van der Waals surface area contributed by atoms with Crippen LogP contribution in [0.3, 0.4) is 0 Å². The third-order valence-electron chi connectivity index (χ3n) is 7.41. The average molecular weight is 707 g/mol. The lowest BCUT2D eigenvalue weighted by molar-refractivity contribution is -0.140. The number of ether oxygens (including phenoxy) is 1. The van der Waals surface area contributed by atoms with E-state index in [1.165, 1.54) is 17.0 Å². The number of hydrogen-bond donors (Lipinski definition) is 1. The lowest BCUT2D eigenvalue weighted by atomic mass is 10.0. The number of sulfonamides is 1. The molecular weight excluding hydrogens is 666 g/mol. The van der Waals surface area contributed by atoms with Crippen molar-refractivity contribution < 1.29 is 22.7 Å². The summed E-state index contributed by atoms with van der Waals surface area (Å²) in [7, 11) is -4.20. The summed E-state index contributed by atoms with van der Waals surface area (Å²) in [6.07, 6.45) is 0.989. The first-order valence-electron chi connectivity index (χ1n) is 15.3. The zero-order valence-corrected chi connectivity index (χ0v) is 28.8. The minimum absolute atomic E-state index is 0.0315. The normalized spacial score (nSPS) is 11.8. The van der Waals surface area contributed by atoms with E-state index >= 15 is 0 Å². The number of carbonyl (C=O) groups excluding carboxylic acids is 2. The maximum absolute atomic E-state index is 14.5. The van der Waals surface area contributed by atoms with Gasteiger partial charge in [0.2, 0.25) is 11.8 Å². The molecule has 0 aliphatic rings. The van der Waals surface area contributed by atoms with Crippen LogP contribution >= 0.6 is 15.9 Å². The van der Waals surface area contributed by atoms with Crippen molar-refractivity contribution in [2.75, 3.05) is 24.0 Å². The standard InChI is InChI=1S/C36H40BrN3O5S/c1-4-23-38-36(42)34(24-28-9-7-6-8-10-28)39(25-29-13-11-27(3)12-14-29)35(41)26-40(31-17-19-32(20-18-31)45-5-2)46(43,44)33-21-15-30(37)16-22-33/h6-22,34H,4-5,23-26H2,1-3H3,(H,38,42)/t34-/m1/s1. The van der Waals surface area contributed by atoms with Crippen LogP contribution < -0.4 is 14.4 Å². The Bertz CT molecular complexity index is 1680. The second-order valence-corrected chi connectivity index (χ2v) is 13.7. The molecule has 4 aromatic rings. The van der Waals surface area contributed by atoms with E-state index in [1.807, 2.05) is 75.4 Å². The van der Waals surface area contributed by atoms with E-state index in [0.717, 1.165) is 31.9 Å². The maximum Gasteiger partial charge on any atom is 0.264 e. The minimum Gasteiger partial charge on any atom is -0.494 e.